The molecule has 0 spiro atoms. The molecule has 0 heterocycles. The van der Waals surface area contributed by atoms with E-state index in [0.29, 0.717) is 6.54 Å². The number of carboxylic acids is 1. The van der Waals surface area contributed by atoms with Crippen LogP contribution in [0.3, 0.4) is 0 Å². The van der Waals surface area contributed by atoms with Gasteiger partial charge >= 0.3 is 5.97 Å². The van der Waals surface area contributed by atoms with E-state index in [1.807, 2.05) is 32.2 Å². The Kier molecular flexibility index (Phi) is 4.73. The van der Waals surface area contributed by atoms with Crippen molar-refractivity contribution in [3.63, 3.8) is 0 Å². The van der Waals surface area contributed by atoms with Crippen LogP contribution in [0.5, 0.6) is 0 Å². The first-order valence-corrected chi connectivity index (χ1v) is 5.20. The third kappa shape index (κ3) is 4.75. The number of hydrogen-bond donors (Lipinski definition) is 1. The van der Waals surface area contributed by atoms with Crippen molar-refractivity contribution in [3.05, 3.63) is 47.5 Å². The van der Waals surface area contributed by atoms with Gasteiger partial charge in [0.1, 0.15) is 0 Å². The molecule has 1 N–H and O–H groups in total. The highest BCUT2D eigenvalue weighted by atomic mass is 16.4. The van der Waals surface area contributed by atoms with E-state index in [1.165, 1.54) is 11.6 Å². The fraction of sp³-hybridized carbons (Fsp3) is 0.308. The molecule has 0 aliphatic carbocycles. The molecule has 1 aromatic rings. The number of likely N-dealkylation sites (N-methyl/N-ethyl adjacent to an activating group) is 1. The summed E-state index contributed by atoms with van der Waals surface area (Å²) in [7, 11) is 1.98. The molecule has 0 aliphatic rings. The normalized spacial score (nSPS) is 11.8. The lowest BCUT2D eigenvalue weighted by molar-refractivity contribution is -0.131. The van der Waals surface area contributed by atoms with Crippen molar-refractivity contribution >= 4 is 5.97 Å². The molecule has 0 saturated heterocycles. The van der Waals surface area contributed by atoms with Gasteiger partial charge in [0.15, 0.2) is 0 Å². The van der Waals surface area contributed by atoms with E-state index >= 15 is 0 Å². The van der Waals surface area contributed by atoms with E-state index in [1.54, 1.807) is 0 Å². The van der Waals surface area contributed by atoms with Crippen molar-refractivity contribution in [1.82, 2.24) is 4.90 Å². The van der Waals surface area contributed by atoms with Crippen LogP contribution in [0.15, 0.2) is 42.0 Å². The molecule has 86 valence electrons. The molecule has 0 bridgehead atoms. The van der Waals surface area contributed by atoms with Gasteiger partial charge in [-0.05, 0) is 19.5 Å². The van der Waals surface area contributed by atoms with Crippen molar-refractivity contribution in [2.45, 2.75) is 13.5 Å². The zero-order valence-electron chi connectivity index (χ0n) is 9.68. The van der Waals surface area contributed by atoms with Gasteiger partial charge < -0.3 is 5.11 Å². The second-order valence-corrected chi connectivity index (χ2v) is 3.99. The second-order valence-electron chi connectivity index (χ2n) is 3.99. The number of rotatable bonds is 5. The summed E-state index contributed by atoms with van der Waals surface area (Å²) >= 11 is 0. The summed E-state index contributed by atoms with van der Waals surface area (Å²) in [6, 6.07) is 10.1. The monoisotopic (exact) mass is 219 g/mol. The zero-order valence-corrected chi connectivity index (χ0v) is 9.68. The molecule has 0 aromatic heterocycles. The fourth-order valence-electron chi connectivity index (χ4n) is 1.63. The smallest absolute Gasteiger partial charge is 0.328 e. The summed E-state index contributed by atoms with van der Waals surface area (Å²) in [5.41, 5.74) is 2.08. The Hall–Kier alpha value is -1.61. The minimum Gasteiger partial charge on any atom is -0.478 e. The van der Waals surface area contributed by atoms with Gasteiger partial charge in [-0.3, -0.25) is 4.90 Å². The predicted octanol–water partition coefficient (Wildman–Crippen LogP) is 2.15. The van der Waals surface area contributed by atoms with Crippen molar-refractivity contribution in [3.8, 4) is 0 Å². The first-order chi connectivity index (χ1) is 7.58. The molecule has 0 amide bonds. The standard InChI is InChI=1S/C13H17NO2/c1-11(8-13(15)16)9-14(2)10-12-6-4-3-5-7-12/h3-8H,9-10H2,1-2H3,(H,15,16). The molecule has 0 radical (unpaired) electrons. The van der Waals surface area contributed by atoms with Gasteiger partial charge in [0.2, 0.25) is 0 Å². The fourth-order valence-corrected chi connectivity index (χ4v) is 1.63. The van der Waals surface area contributed by atoms with Gasteiger partial charge in [-0.2, -0.15) is 0 Å². The van der Waals surface area contributed by atoms with E-state index in [0.717, 1.165) is 12.1 Å². The quantitative estimate of drug-likeness (QED) is 0.771. The van der Waals surface area contributed by atoms with Crippen molar-refractivity contribution in [2.24, 2.45) is 0 Å². The molecule has 0 fully saturated rings. The average Bonchev–Trinajstić information content (AvgIpc) is 2.17. The van der Waals surface area contributed by atoms with Gasteiger partial charge in [0, 0.05) is 19.2 Å². The van der Waals surface area contributed by atoms with Crippen LogP contribution < -0.4 is 0 Å². The van der Waals surface area contributed by atoms with Gasteiger partial charge in [0.25, 0.3) is 0 Å². The molecule has 16 heavy (non-hydrogen) atoms. The van der Waals surface area contributed by atoms with Crippen LogP contribution in [0.4, 0.5) is 0 Å². The Bertz CT molecular complexity index is 371. The van der Waals surface area contributed by atoms with Crippen LogP contribution in [-0.4, -0.2) is 29.6 Å². The summed E-state index contributed by atoms with van der Waals surface area (Å²) in [5, 5.41) is 8.59. The van der Waals surface area contributed by atoms with Gasteiger partial charge in [-0.15, -0.1) is 0 Å². The third-order valence-corrected chi connectivity index (χ3v) is 2.18. The Morgan fingerprint density at radius 1 is 1.38 bits per heavy atom. The summed E-state index contributed by atoms with van der Waals surface area (Å²) in [6.07, 6.45) is 1.25. The number of carbonyl (C=O) groups is 1. The van der Waals surface area contributed by atoms with Crippen molar-refractivity contribution in [1.29, 1.82) is 0 Å². The zero-order chi connectivity index (χ0) is 12.0. The summed E-state index contributed by atoms with van der Waals surface area (Å²) in [4.78, 5) is 12.5. The highest BCUT2D eigenvalue weighted by Crippen LogP contribution is 2.04. The van der Waals surface area contributed by atoms with E-state index in [9.17, 15) is 4.79 Å². The van der Waals surface area contributed by atoms with Crippen molar-refractivity contribution in [2.75, 3.05) is 13.6 Å². The summed E-state index contributed by atoms with van der Waals surface area (Å²) in [6.45, 7) is 3.32. The molecule has 3 nitrogen and oxygen atoms in total. The van der Waals surface area contributed by atoms with Crippen LogP contribution in [0.1, 0.15) is 12.5 Å². The maximum Gasteiger partial charge on any atom is 0.328 e. The third-order valence-electron chi connectivity index (χ3n) is 2.18. The first-order valence-electron chi connectivity index (χ1n) is 5.20. The average molecular weight is 219 g/mol. The first kappa shape index (κ1) is 12.5. The Labute approximate surface area is 96.0 Å². The van der Waals surface area contributed by atoms with Gasteiger partial charge in [0.05, 0.1) is 0 Å². The van der Waals surface area contributed by atoms with Crippen LogP contribution >= 0.6 is 0 Å². The largest absolute Gasteiger partial charge is 0.478 e. The Morgan fingerprint density at radius 2 is 2.00 bits per heavy atom. The molecule has 0 unspecified atom stereocenters. The van der Waals surface area contributed by atoms with E-state index < -0.39 is 5.97 Å². The lowest BCUT2D eigenvalue weighted by Crippen LogP contribution is -2.20. The number of carboxylic acid groups (broad SMARTS) is 1. The highest BCUT2D eigenvalue weighted by molar-refractivity contribution is 5.80. The highest BCUT2D eigenvalue weighted by Gasteiger charge is 2.01. The topological polar surface area (TPSA) is 40.5 Å². The van der Waals surface area contributed by atoms with Gasteiger partial charge in [-0.25, -0.2) is 4.79 Å². The minimum atomic E-state index is -0.884. The lowest BCUT2D eigenvalue weighted by atomic mass is 10.2. The maximum atomic E-state index is 10.5. The molecular formula is C13H17NO2. The molecule has 0 atom stereocenters. The number of hydrogen-bond acceptors (Lipinski definition) is 2. The van der Waals surface area contributed by atoms with E-state index in [2.05, 4.69) is 17.0 Å². The molecule has 0 aliphatic heterocycles. The van der Waals surface area contributed by atoms with Gasteiger partial charge in [-0.1, -0.05) is 35.9 Å². The Balaban J connectivity index is 2.48. The van der Waals surface area contributed by atoms with Crippen LogP contribution in [0, 0.1) is 0 Å². The predicted molar refractivity (Wildman–Crippen MR) is 64.2 cm³/mol. The van der Waals surface area contributed by atoms with E-state index in [4.69, 9.17) is 5.11 Å². The molecule has 1 aromatic carbocycles. The molecular weight excluding hydrogens is 202 g/mol. The van der Waals surface area contributed by atoms with Crippen LogP contribution in [0.2, 0.25) is 0 Å². The van der Waals surface area contributed by atoms with Crippen molar-refractivity contribution < 1.29 is 9.90 Å². The second kappa shape index (κ2) is 6.08. The SMILES string of the molecule is CC(=CC(=O)O)CN(C)Cc1ccccc1. The summed E-state index contributed by atoms with van der Waals surface area (Å²) < 4.78 is 0. The number of nitrogens with zero attached hydrogens (tertiary/aromatic N) is 1. The minimum absolute atomic E-state index is 0.668. The molecule has 0 saturated carbocycles. The Morgan fingerprint density at radius 3 is 2.56 bits per heavy atom. The number of aliphatic carboxylic acids is 1. The molecule has 1 rings (SSSR count). The van der Waals surface area contributed by atoms with E-state index in [-0.39, 0.29) is 0 Å². The summed E-state index contributed by atoms with van der Waals surface area (Å²) in [5.74, 6) is -0.884. The number of benzene rings is 1. The maximum absolute atomic E-state index is 10.5. The van der Waals surface area contributed by atoms with Crippen LogP contribution in [-0.2, 0) is 11.3 Å². The van der Waals surface area contributed by atoms with Crippen LogP contribution in [0.25, 0.3) is 0 Å². The molecule has 3 heteroatoms. The lowest BCUT2D eigenvalue weighted by Gasteiger charge is -2.16.